The summed E-state index contributed by atoms with van der Waals surface area (Å²) in [4.78, 5) is 20.5. The van der Waals surface area contributed by atoms with Crippen molar-refractivity contribution in [2.75, 3.05) is 31.1 Å². The highest BCUT2D eigenvalue weighted by Crippen LogP contribution is 2.34. The predicted molar refractivity (Wildman–Crippen MR) is 152 cm³/mol. The molecular formula is C31H36BrN3O. The van der Waals surface area contributed by atoms with Crippen molar-refractivity contribution in [3.05, 3.63) is 94.0 Å². The Morgan fingerprint density at radius 3 is 1.94 bits per heavy atom. The molecule has 0 atom stereocenters. The highest BCUT2D eigenvalue weighted by molar-refractivity contribution is 9.10. The van der Waals surface area contributed by atoms with Gasteiger partial charge in [0, 0.05) is 59.7 Å². The molecule has 2 aliphatic rings. The van der Waals surface area contributed by atoms with Gasteiger partial charge in [-0.05, 0) is 87.1 Å². The molecule has 5 rings (SSSR count). The van der Waals surface area contributed by atoms with Crippen molar-refractivity contribution in [3.63, 3.8) is 0 Å². The Kier molecular flexibility index (Phi) is 7.78. The van der Waals surface area contributed by atoms with E-state index in [1.165, 1.54) is 11.4 Å². The van der Waals surface area contributed by atoms with E-state index in [9.17, 15) is 4.79 Å². The molecule has 4 nitrogen and oxygen atoms in total. The van der Waals surface area contributed by atoms with Gasteiger partial charge in [0.1, 0.15) is 0 Å². The summed E-state index contributed by atoms with van der Waals surface area (Å²) in [6, 6.07) is 26.7. The molecule has 2 aliphatic heterocycles. The van der Waals surface area contributed by atoms with Crippen molar-refractivity contribution < 1.29 is 4.79 Å². The fourth-order valence-electron chi connectivity index (χ4n) is 6.01. The molecule has 0 bridgehead atoms. The van der Waals surface area contributed by atoms with Gasteiger partial charge in [0.2, 0.25) is 0 Å². The molecule has 0 unspecified atom stereocenters. The van der Waals surface area contributed by atoms with E-state index in [0.29, 0.717) is 12.1 Å². The number of amides is 1. The van der Waals surface area contributed by atoms with E-state index in [-0.39, 0.29) is 5.91 Å². The molecule has 0 N–H and O–H groups in total. The van der Waals surface area contributed by atoms with Crippen LogP contribution in [0.4, 0.5) is 11.4 Å². The Morgan fingerprint density at radius 2 is 1.33 bits per heavy atom. The summed E-state index contributed by atoms with van der Waals surface area (Å²) in [7, 11) is 0. The van der Waals surface area contributed by atoms with Crippen LogP contribution in [0.2, 0.25) is 0 Å². The van der Waals surface area contributed by atoms with Gasteiger partial charge in [-0.15, -0.1) is 0 Å². The minimum Gasteiger partial charge on any atom is -0.339 e. The van der Waals surface area contributed by atoms with Crippen LogP contribution in [-0.2, 0) is 0 Å². The first-order valence-electron chi connectivity index (χ1n) is 13.2. The average molecular weight is 547 g/mol. The molecule has 0 aliphatic carbocycles. The Balaban J connectivity index is 1.21. The lowest BCUT2D eigenvalue weighted by Gasteiger charge is -2.44. The first-order valence-corrected chi connectivity index (χ1v) is 14.0. The maximum atomic E-state index is 13.2. The summed E-state index contributed by atoms with van der Waals surface area (Å²) in [5.74, 6) is 0.204. The Morgan fingerprint density at radius 1 is 0.750 bits per heavy atom. The zero-order valence-electron chi connectivity index (χ0n) is 21.4. The number of piperidine rings is 2. The third-order valence-electron chi connectivity index (χ3n) is 7.97. The summed E-state index contributed by atoms with van der Waals surface area (Å²) in [6.07, 6.45) is 4.42. The second kappa shape index (κ2) is 11.2. The van der Waals surface area contributed by atoms with E-state index < -0.39 is 0 Å². The predicted octanol–water partition coefficient (Wildman–Crippen LogP) is 6.97. The molecular weight excluding hydrogens is 510 g/mol. The highest BCUT2D eigenvalue weighted by atomic mass is 79.9. The summed E-state index contributed by atoms with van der Waals surface area (Å²) in [5.41, 5.74) is 5.57. The molecule has 0 saturated carbocycles. The third kappa shape index (κ3) is 5.37. The topological polar surface area (TPSA) is 26.8 Å². The van der Waals surface area contributed by atoms with Gasteiger partial charge in [-0.3, -0.25) is 4.79 Å². The highest BCUT2D eigenvalue weighted by Gasteiger charge is 2.32. The summed E-state index contributed by atoms with van der Waals surface area (Å²) < 4.78 is 1.11. The molecule has 2 fully saturated rings. The lowest BCUT2D eigenvalue weighted by atomic mass is 9.95. The van der Waals surface area contributed by atoms with Crippen LogP contribution in [0.3, 0.4) is 0 Å². The zero-order chi connectivity index (χ0) is 25.1. The van der Waals surface area contributed by atoms with Crippen LogP contribution < -0.4 is 4.90 Å². The number of benzene rings is 3. The van der Waals surface area contributed by atoms with Crippen molar-refractivity contribution in [2.24, 2.45) is 0 Å². The van der Waals surface area contributed by atoms with Crippen molar-refractivity contribution in [1.29, 1.82) is 0 Å². The average Bonchev–Trinajstić information content (AvgIpc) is 2.91. The van der Waals surface area contributed by atoms with E-state index in [2.05, 4.69) is 85.2 Å². The third-order valence-corrected chi connectivity index (χ3v) is 8.50. The molecule has 3 aromatic rings. The molecule has 3 aromatic carbocycles. The van der Waals surface area contributed by atoms with Gasteiger partial charge in [0.15, 0.2) is 0 Å². The standard InChI is InChI=1S/C31H36BrN3O/c1-23-7-6-8-24(2)30(23)31(36)34-21-15-26(16-22-34)33-19-17-29(18-20-33)35(27-9-4-3-5-10-27)28-13-11-25(32)12-14-28/h3-14,26,29H,15-22H2,1-2H3. The lowest BCUT2D eigenvalue weighted by molar-refractivity contribution is 0.0578. The van der Waals surface area contributed by atoms with Crippen molar-refractivity contribution in [2.45, 2.75) is 51.6 Å². The number of carbonyl (C=O) groups is 1. The first kappa shape index (κ1) is 25.0. The van der Waals surface area contributed by atoms with E-state index in [4.69, 9.17) is 0 Å². The van der Waals surface area contributed by atoms with Crippen LogP contribution in [0.25, 0.3) is 0 Å². The number of likely N-dealkylation sites (tertiary alicyclic amines) is 2. The molecule has 2 saturated heterocycles. The number of nitrogens with zero attached hydrogens (tertiary/aromatic N) is 3. The fraction of sp³-hybridized carbons (Fsp3) is 0.387. The van der Waals surface area contributed by atoms with Crippen LogP contribution in [0.15, 0.2) is 77.3 Å². The van der Waals surface area contributed by atoms with Gasteiger partial charge in [0.25, 0.3) is 5.91 Å². The van der Waals surface area contributed by atoms with E-state index >= 15 is 0 Å². The normalized spacial score (nSPS) is 17.8. The Bertz CT molecular complexity index is 1140. The van der Waals surface area contributed by atoms with Gasteiger partial charge in [0.05, 0.1) is 0 Å². The van der Waals surface area contributed by atoms with E-state index in [0.717, 1.165) is 73.0 Å². The summed E-state index contributed by atoms with van der Waals surface area (Å²) in [5, 5.41) is 0. The maximum absolute atomic E-state index is 13.2. The SMILES string of the molecule is Cc1cccc(C)c1C(=O)N1CCC(N2CCC(N(c3ccccc3)c3ccc(Br)cc3)CC2)CC1. The van der Waals surface area contributed by atoms with Crippen LogP contribution in [0.5, 0.6) is 0 Å². The van der Waals surface area contributed by atoms with E-state index in [1.54, 1.807) is 0 Å². The molecule has 188 valence electrons. The number of halogens is 1. The smallest absolute Gasteiger partial charge is 0.254 e. The van der Waals surface area contributed by atoms with Crippen LogP contribution in [0.1, 0.15) is 47.2 Å². The number of hydrogen-bond acceptors (Lipinski definition) is 3. The van der Waals surface area contributed by atoms with Crippen LogP contribution >= 0.6 is 15.9 Å². The number of rotatable bonds is 5. The van der Waals surface area contributed by atoms with Gasteiger partial charge in [-0.2, -0.15) is 0 Å². The van der Waals surface area contributed by atoms with Crippen molar-refractivity contribution in [1.82, 2.24) is 9.80 Å². The molecule has 0 radical (unpaired) electrons. The molecule has 0 spiro atoms. The van der Waals surface area contributed by atoms with Gasteiger partial charge >= 0.3 is 0 Å². The van der Waals surface area contributed by atoms with Crippen LogP contribution in [0, 0.1) is 13.8 Å². The Hall–Kier alpha value is -2.63. The maximum Gasteiger partial charge on any atom is 0.254 e. The molecule has 0 aromatic heterocycles. The number of carbonyl (C=O) groups excluding carboxylic acids is 1. The van der Waals surface area contributed by atoms with Gasteiger partial charge in [-0.25, -0.2) is 0 Å². The Labute approximate surface area is 224 Å². The van der Waals surface area contributed by atoms with Crippen molar-refractivity contribution >= 4 is 33.2 Å². The molecule has 1 amide bonds. The summed E-state index contributed by atoms with van der Waals surface area (Å²) >= 11 is 3.58. The van der Waals surface area contributed by atoms with Gasteiger partial charge in [-0.1, -0.05) is 52.3 Å². The zero-order valence-corrected chi connectivity index (χ0v) is 23.0. The van der Waals surface area contributed by atoms with Crippen LogP contribution in [-0.4, -0.2) is 54.0 Å². The second-order valence-electron chi connectivity index (χ2n) is 10.2. The quantitative estimate of drug-likeness (QED) is 0.346. The van der Waals surface area contributed by atoms with E-state index in [1.807, 2.05) is 32.0 Å². The molecule has 2 heterocycles. The minimum absolute atomic E-state index is 0.204. The molecule has 5 heteroatoms. The number of hydrogen-bond donors (Lipinski definition) is 0. The summed E-state index contributed by atoms with van der Waals surface area (Å²) in [6.45, 7) is 8.02. The minimum atomic E-state index is 0.204. The number of aryl methyl sites for hydroxylation is 2. The lowest BCUT2D eigenvalue weighted by Crippen LogP contribution is -2.51. The second-order valence-corrected chi connectivity index (χ2v) is 11.2. The largest absolute Gasteiger partial charge is 0.339 e. The fourth-order valence-corrected chi connectivity index (χ4v) is 6.28. The van der Waals surface area contributed by atoms with Gasteiger partial charge < -0.3 is 14.7 Å². The first-order chi connectivity index (χ1) is 17.5. The number of para-hydroxylation sites is 1. The number of anilines is 2. The monoisotopic (exact) mass is 545 g/mol. The molecule has 36 heavy (non-hydrogen) atoms. The van der Waals surface area contributed by atoms with Crippen molar-refractivity contribution in [3.8, 4) is 0 Å².